The van der Waals surface area contributed by atoms with Crippen molar-refractivity contribution < 1.29 is 29.0 Å². The van der Waals surface area contributed by atoms with Gasteiger partial charge in [-0.2, -0.15) is 0 Å². The van der Waals surface area contributed by atoms with Crippen LogP contribution in [0.2, 0.25) is 0 Å². The van der Waals surface area contributed by atoms with E-state index in [1.807, 2.05) is 0 Å². The molecule has 0 aliphatic heterocycles. The molecule has 0 saturated heterocycles. The summed E-state index contributed by atoms with van der Waals surface area (Å²) in [6.45, 7) is 5.26. The molecule has 172 valence electrons. The third-order valence-corrected chi connectivity index (χ3v) is 5.23. The minimum Gasteiger partial charge on any atom is -0.508 e. The van der Waals surface area contributed by atoms with Crippen LogP contribution in [-0.4, -0.2) is 47.9 Å². The first-order valence-electron chi connectivity index (χ1n) is 10.7. The second kappa shape index (κ2) is 11.0. The Labute approximate surface area is 183 Å². The van der Waals surface area contributed by atoms with Gasteiger partial charge in [0.15, 0.2) is 0 Å². The lowest BCUT2D eigenvalue weighted by atomic mass is 9.83. The fourth-order valence-electron chi connectivity index (χ4n) is 3.82. The van der Waals surface area contributed by atoms with Gasteiger partial charge in [-0.25, -0.2) is 9.59 Å². The van der Waals surface area contributed by atoms with Crippen molar-refractivity contribution in [3.8, 4) is 5.75 Å². The Morgan fingerprint density at radius 3 is 2.39 bits per heavy atom. The number of hydrogen-bond donors (Lipinski definition) is 3. The molecule has 0 aromatic heterocycles. The molecule has 3 N–H and O–H groups in total. The summed E-state index contributed by atoms with van der Waals surface area (Å²) in [4.78, 5) is 37.9. The molecular formula is C23H34N2O6. The lowest BCUT2D eigenvalue weighted by Gasteiger charge is -2.31. The predicted octanol–water partition coefficient (Wildman–Crippen LogP) is 3.07. The van der Waals surface area contributed by atoms with E-state index < -0.39 is 35.7 Å². The summed E-state index contributed by atoms with van der Waals surface area (Å²) in [5.74, 6) is -1.02. The summed E-state index contributed by atoms with van der Waals surface area (Å²) in [5, 5.41) is 15.1. The van der Waals surface area contributed by atoms with Crippen LogP contribution in [0.5, 0.6) is 5.75 Å². The zero-order valence-corrected chi connectivity index (χ0v) is 18.8. The zero-order chi connectivity index (χ0) is 23.0. The molecule has 2 atom stereocenters. The summed E-state index contributed by atoms with van der Waals surface area (Å²) < 4.78 is 10.2. The standard InChI is InChI=1S/C23H34N2O6/c1-23(2,3)31-22(29)25-19(16-10-6-5-7-11-16)20(27)24-18(21(28)30-4)14-15-9-8-12-17(26)13-15/h8-9,12-13,16,18-19,26H,5-7,10-11,14H2,1-4H3,(H,24,27)(H,25,29)/t18-,19?/m0/s1. The van der Waals surface area contributed by atoms with E-state index in [2.05, 4.69) is 10.6 Å². The van der Waals surface area contributed by atoms with Crippen LogP contribution in [0.4, 0.5) is 4.79 Å². The minimum absolute atomic E-state index is 0.0414. The molecule has 1 aliphatic rings. The zero-order valence-electron chi connectivity index (χ0n) is 18.8. The minimum atomic E-state index is -0.953. The Kier molecular flexibility index (Phi) is 8.71. The first kappa shape index (κ1) is 24.5. The number of alkyl carbamates (subject to hydrolysis) is 1. The highest BCUT2D eigenvalue weighted by Gasteiger charge is 2.34. The molecule has 1 unspecified atom stereocenters. The van der Waals surface area contributed by atoms with Gasteiger partial charge in [-0.15, -0.1) is 0 Å². The summed E-state index contributed by atoms with van der Waals surface area (Å²) in [7, 11) is 1.25. The molecular weight excluding hydrogens is 400 g/mol. The van der Waals surface area contributed by atoms with Crippen molar-refractivity contribution in [2.24, 2.45) is 5.92 Å². The Bertz CT molecular complexity index is 768. The summed E-state index contributed by atoms with van der Waals surface area (Å²) in [6, 6.07) is 4.70. The number of amides is 2. The van der Waals surface area contributed by atoms with Crippen molar-refractivity contribution in [2.75, 3.05) is 7.11 Å². The molecule has 1 fully saturated rings. The van der Waals surface area contributed by atoms with E-state index in [0.717, 1.165) is 32.1 Å². The van der Waals surface area contributed by atoms with Crippen LogP contribution in [0, 0.1) is 5.92 Å². The van der Waals surface area contributed by atoms with E-state index in [1.165, 1.54) is 19.2 Å². The molecule has 31 heavy (non-hydrogen) atoms. The average molecular weight is 435 g/mol. The van der Waals surface area contributed by atoms with Crippen molar-refractivity contribution in [3.63, 3.8) is 0 Å². The number of methoxy groups -OCH3 is 1. The van der Waals surface area contributed by atoms with Crippen molar-refractivity contribution >= 4 is 18.0 Å². The predicted molar refractivity (Wildman–Crippen MR) is 115 cm³/mol. The van der Waals surface area contributed by atoms with Gasteiger partial charge in [-0.1, -0.05) is 31.4 Å². The summed E-state index contributed by atoms with van der Waals surface area (Å²) in [5.41, 5.74) is -0.0216. The fraction of sp³-hybridized carbons (Fsp3) is 0.609. The number of carbonyl (C=O) groups is 3. The third kappa shape index (κ3) is 8.11. The van der Waals surface area contributed by atoms with E-state index in [9.17, 15) is 19.5 Å². The van der Waals surface area contributed by atoms with Crippen LogP contribution < -0.4 is 10.6 Å². The van der Waals surface area contributed by atoms with Crippen LogP contribution in [0.3, 0.4) is 0 Å². The van der Waals surface area contributed by atoms with Gasteiger partial charge in [-0.05, 0) is 57.2 Å². The quantitative estimate of drug-likeness (QED) is 0.569. The SMILES string of the molecule is COC(=O)[C@H](Cc1cccc(O)c1)NC(=O)C(NC(=O)OC(C)(C)C)C1CCCCC1. The van der Waals surface area contributed by atoms with Gasteiger partial charge in [-0.3, -0.25) is 4.79 Å². The molecule has 0 spiro atoms. The van der Waals surface area contributed by atoms with Gasteiger partial charge < -0.3 is 25.2 Å². The fourth-order valence-corrected chi connectivity index (χ4v) is 3.82. The van der Waals surface area contributed by atoms with E-state index in [4.69, 9.17) is 9.47 Å². The maximum atomic E-state index is 13.2. The molecule has 2 rings (SSSR count). The number of benzene rings is 1. The third-order valence-electron chi connectivity index (χ3n) is 5.23. The highest BCUT2D eigenvalue weighted by atomic mass is 16.6. The molecule has 1 aromatic rings. The maximum absolute atomic E-state index is 13.2. The van der Waals surface area contributed by atoms with E-state index in [0.29, 0.717) is 5.56 Å². The lowest BCUT2D eigenvalue weighted by molar-refractivity contribution is -0.145. The number of phenols is 1. The largest absolute Gasteiger partial charge is 0.508 e. The van der Waals surface area contributed by atoms with Gasteiger partial charge in [0, 0.05) is 6.42 Å². The van der Waals surface area contributed by atoms with Crippen molar-refractivity contribution in [3.05, 3.63) is 29.8 Å². The highest BCUT2D eigenvalue weighted by molar-refractivity contribution is 5.90. The second-order valence-electron chi connectivity index (χ2n) is 8.98. The molecule has 1 aromatic carbocycles. The van der Waals surface area contributed by atoms with Crippen molar-refractivity contribution in [1.82, 2.24) is 10.6 Å². The Morgan fingerprint density at radius 2 is 1.81 bits per heavy atom. The van der Waals surface area contributed by atoms with Crippen LogP contribution >= 0.6 is 0 Å². The number of carbonyl (C=O) groups excluding carboxylic acids is 3. The monoisotopic (exact) mass is 434 g/mol. The van der Waals surface area contributed by atoms with Crippen LogP contribution in [-0.2, 0) is 25.5 Å². The topological polar surface area (TPSA) is 114 Å². The van der Waals surface area contributed by atoms with Crippen molar-refractivity contribution in [1.29, 1.82) is 0 Å². The first-order valence-corrected chi connectivity index (χ1v) is 10.7. The maximum Gasteiger partial charge on any atom is 0.408 e. The molecule has 0 radical (unpaired) electrons. The number of phenolic OH excluding ortho intramolecular Hbond substituents is 1. The normalized spacial score (nSPS) is 16.6. The highest BCUT2D eigenvalue weighted by Crippen LogP contribution is 2.27. The molecule has 1 saturated carbocycles. The van der Waals surface area contributed by atoms with Gasteiger partial charge in [0.25, 0.3) is 0 Å². The van der Waals surface area contributed by atoms with Crippen molar-refractivity contribution in [2.45, 2.75) is 77.0 Å². The number of esters is 1. The number of aromatic hydroxyl groups is 1. The number of hydrogen-bond acceptors (Lipinski definition) is 6. The Balaban J connectivity index is 2.17. The number of nitrogens with one attached hydrogen (secondary N) is 2. The Morgan fingerprint density at radius 1 is 1.13 bits per heavy atom. The molecule has 2 amide bonds. The smallest absolute Gasteiger partial charge is 0.408 e. The van der Waals surface area contributed by atoms with Gasteiger partial charge in [0.05, 0.1) is 7.11 Å². The van der Waals surface area contributed by atoms with E-state index in [-0.39, 0.29) is 18.1 Å². The van der Waals surface area contributed by atoms with E-state index >= 15 is 0 Å². The molecule has 1 aliphatic carbocycles. The lowest BCUT2D eigenvalue weighted by Crippen LogP contribution is -2.56. The number of rotatable bonds is 7. The summed E-state index contributed by atoms with van der Waals surface area (Å²) in [6.07, 6.45) is 4.16. The van der Waals surface area contributed by atoms with Crippen LogP contribution in [0.25, 0.3) is 0 Å². The molecule has 0 bridgehead atoms. The van der Waals surface area contributed by atoms with Gasteiger partial charge in [0.2, 0.25) is 5.91 Å². The second-order valence-corrected chi connectivity index (χ2v) is 8.98. The molecule has 8 nitrogen and oxygen atoms in total. The number of ether oxygens (including phenoxy) is 2. The molecule has 8 heteroatoms. The summed E-state index contributed by atoms with van der Waals surface area (Å²) >= 11 is 0. The average Bonchev–Trinajstić information content (AvgIpc) is 2.70. The van der Waals surface area contributed by atoms with Gasteiger partial charge in [0.1, 0.15) is 23.4 Å². The van der Waals surface area contributed by atoms with E-state index in [1.54, 1.807) is 32.9 Å². The van der Waals surface area contributed by atoms with Crippen LogP contribution in [0.1, 0.15) is 58.4 Å². The first-order chi connectivity index (χ1) is 14.6. The van der Waals surface area contributed by atoms with Crippen LogP contribution in [0.15, 0.2) is 24.3 Å². The van der Waals surface area contributed by atoms with Gasteiger partial charge >= 0.3 is 12.1 Å². The Hall–Kier alpha value is -2.77. The molecule has 0 heterocycles.